The molecule has 1 aromatic heterocycles. The van der Waals surface area contributed by atoms with E-state index < -0.39 is 21.6 Å². The number of rotatable bonds is 7. The minimum atomic E-state index is -4.50. The van der Waals surface area contributed by atoms with E-state index in [1.54, 1.807) is 31.2 Å². The maximum absolute atomic E-state index is 12.9. The zero-order valence-electron chi connectivity index (χ0n) is 20.4. The summed E-state index contributed by atoms with van der Waals surface area (Å²) in [5.74, 6) is 0.0529. The number of nitrogens with one attached hydrogen (secondary N) is 1. The van der Waals surface area contributed by atoms with E-state index in [1.807, 2.05) is 17.9 Å². The Morgan fingerprint density at radius 1 is 1.08 bits per heavy atom. The van der Waals surface area contributed by atoms with E-state index in [0.717, 1.165) is 35.5 Å². The summed E-state index contributed by atoms with van der Waals surface area (Å²) >= 11 is 0. The van der Waals surface area contributed by atoms with Gasteiger partial charge in [-0.2, -0.15) is 13.2 Å². The summed E-state index contributed by atoms with van der Waals surface area (Å²) in [5.41, 5.74) is 2.30. The van der Waals surface area contributed by atoms with Crippen molar-refractivity contribution in [2.45, 2.75) is 50.3 Å². The smallest absolute Gasteiger partial charge is 0.348 e. The number of hydrogen-bond donors (Lipinski definition) is 1. The van der Waals surface area contributed by atoms with Gasteiger partial charge in [0.1, 0.15) is 0 Å². The van der Waals surface area contributed by atoms with E-state index in [1.165, 1.54) is 12.1 Å². The van der Waals surface area contributed by atoms with Crippen molar-refractivity contribution in [1.29, 1.82) is 0 Å². The predicted octanol–water partition coefficient (Wildman–Crippen LogP) is 4.73. The first-order chi connectivity index (χ1) is 17.5. The van der Waals surface area contributed by atoms with Crippen LogP contribution in [-0.2, 0) is 29.1 Å². The summed E-state index contributed by atoms with van der Waals surface area (Å²) in [5, 5.41) is 2.85. The highest BCUT2D eigenvalue weighted by molar-refractivity contribution is 7.91. The second-order valence-corrected chi connectivity index (χ2v) is 11.2. The first-order valence-corrected chi connectivity index (χ1v) is 13.5. The van der Waals surface area contributed by atoms with Crippen molar-refractivity contribution < 1.29 is 26.4 Å². The van der Waals surface area contributed by atoms with Gasteiger partial charge in [0.15, 0.2) is 9.84 Å². The summed E-state index contributed by atoms with van der Waals surface area (Å²) in [6.07, 6.45) is -2.13. The third-order valence-electron chi connectivity index (χ3n) is 6.50. The van der Waals surface area contributed by atoms with Crippen LogP contribution >= 0.6 is 0 Å². The third-order valence-corrected chi connectivity index (χ3v) is 8.25. The van der Waals surface area contributed by atoms with Gasteiger partial charge in [0.25, 0.3) is 5.91 Å². The van der Waals surface area contributed by atoms with Crippen LogP contribution in [0.3, 0.4) is 0 Å². The lowest BCUT2D eigenvalue weighted by atomic mass is 9.87. The maximum Gasteiger partial charge on any atom is 0.419 e. The molecule has 11 heteroatoms. The number of aromatic nitrogens is 2. The molecule has 0 bridgehead atoms. The van der Waals surface area contributed by atoms with E-state index >= 15 is 0 Å². The van der Waals surface area contributed by atoms with Gasteiger partial charge in [0.2, 0.25) is 5.95 Å². The van der Waals surface area contributed by atoms with Crippen molar-refractivity contribution in [3.8, 4) is 0 Å². The highest BCUT2D eigenvalue weighted by atomic mass is 32.2. The second-order valence-electron chi connectivity index (χ2n) is 8.90. The topological polar surface area (TPSA) is 92.3 Å². The van der Waals surface area contributed by atoms with Gasteiger partial charge in [-0.05, 0) is 47.4 Å². The van der Waals surface area contributed by atoms with Gasteiger partial charge < -0.3 is 10.2 Å². The molecule has 4 rings (SSSR count). The molecule has 1 aliphatic heterocycles. The van der Waals surface area contributed by atoms with Crippen molar-refractivity contribution >= 4 is 21.7 Å². The molecular weight excluding hydrogens is 505 g/mol. The van der Waals surface area contributed by atoms with Crippen molar-refractivity contribution in [3.05, 3.63) is 82.7 Å². The van der Waals surface area contributed by atoms with E-state index in [2.05, 4.69) is 15.3 Å². The number of alkyl halides is 3. The Morgan fingerprint density at radius 2 is 1.76 bits per heavy atom. The van der Waals surface area contributed by atoms with Crippen molar-refractivity contribution in [1.82, 2.24) is 15.3 Å². The van der Waals surface area contributed by atoms with Gasteiger partial charge in [0.05, 0.1) is 16.2 Å². The number of hydrogen-bond acceptors (Lipinski definition) is 6. The molecule has 7 nitrogen and oxygen atoms in total. The summed E-state index contributed by atoms with van der Waals surface area (Å²) in [7, 11) is -3.29. The minimum Gasteiger partial charge on any atom is -0.348 e. The third kappa shape index (κ3) is 5.93. The normalized spacial score (nSPS) is 15.8. The number of anilines is 1. The Labute approximate surface area is 213 Å². The number of amides is 1. The van der Waals surface area contributed by atoms with Crippen LogP contribution in [0.25, 0.3) is 0 Å². The first kappa shape index (κ1) is 26.6. The fourth-order valence-corrected chi connectivity index (χ4v) is 5.20. The summed E-state index contributed by atoms with van der Waals surface area (Å²) in [6, 6.07) is 11.9. The van der Waals surface area contributed by atoms with Gasteiger partial charge >= 0.3 is 6.18 Å². The number of nitrogens with zero attached hydrogens (tertiary/aromatic N) is 3. The average molecular weight is 533 g/mol. The molecule has 0 saturated carbocycles. The van der Waals surface area contributed by atoms with Crippen LogP contribution in [0.4, 0.5) is 19.1 Å². The molecule has 0 aliphatic carbocycles. The summed E-state index contributed by atoms with van der Waals surface area (Å²) in [4.78, 5) is 22.8. The van der Waals surface area contributed by atoms with Crippen LogP contribution in [-0.4, -0.2) is 36.6 Å². The highest BCUT2D eigenvalue weighted by Gasteiger charge is 2.32. The average Bonchev–Trinajstić information content (AvgIpc) is 2.90. The van der Waals surface area contributed by atoms with Crippen LogP contribution in [0.15, 0.2) is 59.8 Å². The fraction of sp³-hybridized carbons (Fsp3) is 0.346. The maximum atomic E-state index is 12.9. The number of fused-ring (bicyclic) bond motifs is 1. The molecule has 196 valence electrons. The molecule has 1 N–H and O–H groups in total. The predicted molar refractivity (Wildman–Crippen MR) is 133 cm³/mol. The molecule has 1 atom stereocenters. The quantitative estimate of drug-likeness (QED) is 0.473. The van der Waals surface area contributed by atoms with Crippen molar-refractivity contribution in [2.24, 2.45) is 0 Å². The number of carbonyl (C=O) groups is 1. The standard InChI is InChI=1S/C26H27F3N4O3S/c1-3-18-15-33(25-31-13-21(14-32-25)26(27,28)29)16-20-11-19(7-10-23(18)20)24(34)30-12-17-5-8-22(9-6-17)37(35,36)4-2/h5-11,13-14,18H,3-4,12,15-16H2,1-2H3,(H,30,34)/t18-/m0/s1. The number of sulfone groups is 1. The molecule has 0 spiro atoms. The molecule has 3 aromatic rings. The molecule has 37 heavy (non-hydrogen) atoms. The Morgan fingerprint density at radius 3 is 2.35 bits per heavy atom. The van der Waals surface area contributed by atoms with Crippen LogP contribution in [0, 0.1) is 0 Å². The Bertz CT molecular complexity index is 1380. The molecule has 1 aliphatic rings. The van der Waals surface area contributed by atoms with Gasteiger partial charge in [-0.3, -0.25) is 4.79 Å². The van der Waals surface area contributed by atoms with E-state index in [9.17, 15) is 26.4 Å². The zero-order valence-corrected chi connectivity index (χ0v) is 21.2. The summed E-state index contributed by atoms with van der Waals surface area (Å²) in [6.45, 7) is 4.77. The second kappa shape index (κ2) is 10.5. The monoisotopic (exact) mass is 532 g/mol. The van der Waals surface area contributed by atoms with Gasteiger partial charge in [0, 0.05) is 43.5 Å². The molecule has 0 fully saturated rings. The minimum absolute atomic E-state index is 0.0166. The molecule has 0 radical (unpaired) electrons. The zero-order chi connectivity index (χ0) is 26.8. The Balaban J connectivity index is 1.48. The SMILES string of the molecule is CC[C@H]1CN(c2ncc(C(F)(F)F)cn2)Cc2cc(C(=O)NCc3ccc(S(=O)(=O)CC)cc3)ccc21. The van der Waals surface area contributed by atoms with E-state index in [4.69, 9.17) is 0 Å². The van der Waals surface area contributed by atoms with Crippen LogP contribution < -0.4 is 10.2 Å². The molecule has 0 unspecified atom stereocenters. The lowest BCUT2D eigenvalue weighted by molar-refractivity contribution is -0.138. The first-order valence-electron chi connectivity index (χ1n) is 11.9. The highest BCUT2D eigenvalue weighted by Crippen LogP contribution is 2.34. The number of halogens is 3. The largest absolute Gasteiger partial charge is 0.419 e. The van der Waals surface area contributed by atoms with Crippen LogP contribution in [0.2, 0.25) is 0 Å². The van der Waals surface area contributed by atoms with Crippen molar-refractivity contribution in [3.63, 3.8) is 0 Å². The van der Waals surface area contributed by atoms with Gasteiger partial charge in [-0.1, -0.05) is 32.0 Å². The molecule has 2 aromatic carbocycles. The van der Waals surface area contributed by atoms with Crippen molar-refractivity contribution in [2.75, 3.05) is 17.2 Å². The van der Waals surface area contributed by atoms with E-state index in [-0.39, 0.29) is 35.0 Å². The molecule has 2 heterocycles. The lowest BCUT2D eigenvalue weighted by Crippen LogP contribution is -2.35. The fourth-order valence-electron chi connectivity index (χ4n) is 4.31. The Hall–Kier alpha value is -3.47. The molecular formula is C26H27F3N4O3S. The number of benzene rings is 2. The molecule has 0 saturated heterocycles. The lowest BCUT2D eigenvalue weighted by Gasteiger charge is -2.34. The van der Waals surface area contributed by atoms with Gasteiger partial charge in [-0.15, -0.1) is 0 Å². The van der Waals surface area contributed by atoms with E-state index in [0.29, 0.717) is 18.7 Å². The Kier molecular flexibility index (Phi) is 7.54. The van der Waals surface area contributed by atoms with Gasteiger partial charge in [-0.25, -0.2) is 18.4 Å². The summed E-state index contributed by atoms with van der Waals surface area (Å²) < 4.78 is 62.6. The molecule has 1 amide bonds. The number of carbonyl (C=O) groups excluding carboxylic acids is 1. The van der Waals surface area contributed by atoms with Crippen LogP contribution in [0.5, 0.6) is 0 Å². The van der Waals surface area contributed by atoms with Crippen LogP contribution in [0.1, 0.15) is 58.8 Å².